The van der Waals surface area contributed by atoms with Crippen LogP contribution in [-0.2, 0) is 0 Å². The van der Waals surface area contributed by atoms with E-state index in [1.807, 2.05) is 13.0 Å². The summed E-state index contributed by atoms with van der Waals surface area (Å²) in [5.41, 5.74) is 7.87. The Morgan fingerprint density at radius 2 is 2.24 bits per heavy atom. The van der Waals surface area contributed by atoms with Gasteiger partial charge in [0.25, 0.3) is 0 Å². The predicted molar refractivity (Wildman–Crippen MR) is 72.7 cm³/mol. The van der Waals surface area contributed by atoms with E-state index in [0.717, 1.165) is 18.0 Å². The van der Waals surface area contributed by atoms with Crippen molar-refractivity contribution in [1.29, 1.82) is 0 Å². The Morgan fingerprint density at radius 3 is 2.94 bits per heavy atom. The van der Waals surface area contributed by atoms with E-state index in [9.17, 15) is 0 Å². The topological polar surface area (TPSA) is 38.5 Å². The molecule has 1 saturated heterocycles. The summed E-state index contributed by atoms with van der Waals surface area (Å²) in [5.74, 6) is 0.812. The molecule has 0 radical (unpaired) electrons. The van der Waals surface area contributed by atoms with Crippen molar-refractivity contribution in [3.63, 3.8) is 0 Å². The van der Waals surface area contributed by atoms with E-state index in [2.05, 4.69) is 24.0 Å². The third-order valence-corrected chi connectivity index (χ3v) is 3.48. The van der Waals surface area contributed by atoms with Crippen molar-refractivity contribution in [3.05, 3.63) is 18.2 Å². The van der Waals surface area contributed by atoms with Crippen LogP contribution < -0.4 is 15.4 Å². The van der Waals surface area contributed by atoms with Crippen molar-refractivity contribution in [3.8, 4) is 5.75 Å². The van der Waals surface area contributed by atoms with Gasteiger partial charge in [0.1, 0.15) is 5.75 Å². The van der Waals surface area contributed by atoms with Crippen LogP contribution in [-0.4, -0.2) is 19.2 Å². The van der Waals surface area contributed by atoms with Crippen LogP contribution in [0.25, 0.3) is 0 Å². The van der Waals surface area contributed by atoms with Crippen molar-refractivity contribution >= 4 is 11.4 Å². The summed E-state index contributed by atoms with van der Waals surface area (Å²) in [5, 5.41) is 0. The molecule has 0 amide bonds. The number of ether oxygens (including phenoxy) is 1. The van der Waals surface area contributed by atoms with Gasteiger partial charge in [-0.1, -0.05) is 6.92 Å². The first-order valence-corrected chi connectivity index (χ1v) is 6.55. The van der Waals surface area contributed by atoms with E-state index in [1.165, 1.54) is 24.9 Å². The zero-order valence-electron chi connectivity index (χ0n) is 10.8. The first kappa shape index (κ1) is 12.1. The SMILES string of the molecule is CCOc1cc(N2CCCC2CC)ccc1N. The number of hydrogen-bond acceptors (Lipinski definition) is 3. The van der Waals surface area contributed by atoms with E-state index >= 15 is 0 Å². The fourth-order valence-electron chi connectivity index (χ4n) is 2.58. The Morgan fingerprint density at radius 1 is 1.41 bits per heavy atom. The maximum atomic E-state index is 5.90. The lowest BCUT2D eigenvalue weighted by Crippen LogP contribution is -2.28. The summed E-state index contributed by atoms with van der Waals surface area (Å²) in [6.07, 6.45) is 3.78. The molecule has 0 bridgehead atoms. The van der Waals surface area contributed by atoms with Crippen LogP contribution in [0.5, 0.6) is 5.75 Å². The molecule has 1 aliphatic heterocycles. The lowest BCUT2D eigenvalue weighted by atomic mass is 10.1. The second-order valence-corrected chi connectivity index (χ2v) is 4.55. The van der Waals surface area contributed by atoms with Gasteiger partial charge in [-0.25, -0.2) is 0 Å². The molecule has 2 N–H and O–H groups in total. The van der Waals surface area contributed by atoms with Crippen molar-refractivity contribution in [2.24, 2.45) is 0 Å². The smallest absolute Gasteiger partial charge is 0.144 e. The number of benzene rings is 1. The molecule has 94 valence electrons. The summed E-state index contributed by atoms with van der Waals surface area (Å²) in [6, 6.07) is 6.80. The molecule has 3 nitrogen and oxygen atoms in total. The maximum Gasteiger partial charge on any atom is 0.144 e. The van der Waals surface area contributed by atoms with Crippen LogP contribution in [0.2, 0.25) is 0 Å². The number of anilines is 2. The van der Waals surface area contributed by atoms with Crippen LogP contribution in [0.1, 0.15) is 33.1 Å². The molecule has 0 saturated carbocycles. The summed E-state index contributed by atoms with van der Waals surface area (Å²) in [7, 11) is 0. The van der Waals surface area contributed by atoms with Gasteiger partial charge >= 0.3 is 0 Å². The Labute approximate surface area is 104 Å². The van der Waals surface area contributed by atoms with E-state index in [1.54, 1.807) is 0 Å². The van der Waals surface area contributed by atoms with Crippen molar-refractivity contribution in [2.75, 3.05) is 23.8 Å². The molecular formula is C14H22N2O. The second-order valence-electron chi connectivity index (χ2n) is 4.55. The van der Waals surface area contributed by atoms with E-state index < -0.39 is 0 Å². The zero-order chi connectivity index (χ0) is 12.3. The minimum atomic E-state index is 0.658. The molecular weight excluding hydrogens is 212 g/mol. The molecule has 1 unspecified atom stereocenters. The highest BCUT2D eigenvalue weighted by atomic mass is 16.5. The Hall–Kier alpha value is -1.38. The summed E-state index contributed by atoms with van der Waals surface area (Å²) >= 11 is 0. The van der Waals surface area contributed by atoms with Crippen LogP contribution in [0.4, 0.5) is 11.4 Å². The number of hydrogen-bond donors (Lipinski definition) is 1. The fraction of sp³-hybridized carbons (Fsp3) is 0.571. The summed E-state index contributed by atoms with van der Waals surface area (Å²) < 4.78 is 5.55. The van der Waals surface area contributed by atoms with E-state index in [-0.39, 0.29) is 0 Å². The van der Waals surface area contributed by atoms with Crippen molar-refractivity contribution in [1.82, 2.24) is 0 Å². The highest BCUT2D eigenvalue weighted by Crippen LogP contribution is 2.32. The van der Waals surface area contributed by atoms with Gasteiger partial charge in [-0.3, -0.25) is 0 Å². The van der Waals surface area contributed by atoms with E-state index in [4.69, 9.17) is 10.5 Å². The van der Waals surface area contributed by atoms with Gasteiger partial charge in [0, 0.05) is 24.3 Å². The molecule has 1 aliphatic rings. The normalized spacial score (nSPS) is 19.6. The Balaban J connectivity index is 2.23. The molecule has 2 rings (SSSR count). The van der Waals surface area contributed by atoms with Gasteiger partial charge in [-0.05, 0) is 38.3 Å². The first-order valence-electron chi connectivity index (χ1n) is 6.55. The summed E-state index contributed by atoms with van der Waals surface area (Å²) in [6.45, 7) is 6.04. The standard InChI is InChI=1S/C14H22N2O/c1-3-11-6-5-9-16(11)12-7-8-13(15)14(10-12)17-4-2/h7-8,10-11H,3-6,9,15H2,1-2H3. The van der Waals surface area contributed by atoms with Gasteiger partial charge in [0.2, 0.25) is 0 Å². The molecule has 1 aromatic rings. The molecule has 17 heavy (non-hydrogen) atoms. The largest absolute Gasteiger partial charge is 0.492 e. The van der Waals surface area contributed by atoms with Crippen molar-refractivity contribution in [2.45, 2.75) is 39.2 Å². The molecule has 1 heterocycles. The molecule has 0 aromatic heterocycles. The molecule has 1 atom stereocenters. The Kier molecular flexibility index (Phi) is 3.77. The molecule has 1 aromatic carbocycles. The van der Waals surface area contributed by atoms with Crippen molar-refractivity contribution < 1.29 is 4.74 Å². The van der Waals surface area contributed by atoms with Gasteiger partial charge in [0.15, 0.2) is 0 Å². The Bertz CT molecular complexity index is 378. The lowest BCUT2D eigenvalue weighted by molar-refractivity contribution is 0.342. The molecule has 3 heteroatoms. The second kappa shape index (κ2) is 5.30. The third-order valence-electron chi connectivity index (χ3n) is 3.48. The number of rotatable bonds is 4. The van der Waals surface area contributed by atoms with E-state index in [0.29, 0.717) is 12.6 Å². The molecule has 0 aliphatic carbocycles. The van der Waals surface area contributed by atoms with Gasteiger partial charge in [0.05, 0.1) is 12.3 Å². The number of nitrogen functional groups attached to an aromatic ring is 1. The zero-order valence-corrected chi connectivity index (χ0v) is 10.8. The number of nitrogens with zero attached hydrogens (tertiary/aromatic N) is 1. The molecule has 1 fully saturated rings. The van der Waals surface area contributed by atoms with Gasteiger partial charge in [-0.2, -0.15) is 0 Å². The highest BCUT2D eigenvalue weighted by molar-refractivity contribution is 5.63. The quantitative estimate of drug-likeness (QED) is 0.814. The lowest BCUT2D eigenvalue weighted by Gasteiger charge is -2.26. The number of nitrogens with two attached hydrogens (primary N) is 1. The maximum absolute atomic E-state index is 5.90. The van der Waals surface area contributed by atoms with Crippen LogP contribution >= 0.6 is 0 Å². The first-order chi connectivity index (χ1) is 8.26. The molecule has 0 spiro atoms. The minimum absolute atomic E-state index is 0.658. The van der Waals surface area contributed by atoms with Gasteiger partial charge < -0.3 is 15.4 Å². The van der Waals surface area contributed by atoms with Crippen LogP contribution in [0.15, 0.2) is 18.2 Å². The highest BCUT2D eigenvalue weighted by Gasteiger charge is 2.23. The van der Waals surface area contributed by atoms with Gasteiger partial charge in [-0.15, -0.1) is 0 Å². The van der Waals surface area contributed by atoms with Crippen LogP contribution in [0, 0.1) is 0 Å². The summed E-state index contributed by atoms with van der Waals surface area (Å²) in [4.78, 5) is 2.47. The average Bonchev–Trinajstić information content (AvgIpc) is 2.80. The van der Waals surface area contributed by atoms with Crippen LogP contribution in [0.3, 0.4) is 0 Å². The predicted octanol–water partition coefficient (Wildman–Crippen LogP) is 3.05. The fourth-order valence-corrected chi connectivity index (χ4v) is 2.58. The third kappa shape index (κ3) is 2.48. The average molecular weight is 234 g/mol. The minimum Gasteiger partial charge on any atom is -0.492 e. The monoisotopic (exact) mass is 234 g/mol.